The molecule has 0 atom stereocenters. The first-order valence-corrected chi connectivity index (χ1v) is 8.04. The first kappa shape index (κ1) is 15.3. The number of amides is 2. The zero-order valence-corrected chi connectivity index (χ0v) is 13.3. The first-order valence-electron chi connectivity index (χ1n) is 8.04. The largest absolute Gasteiger partial charge is 0.369 e. The van der Waals surface area contributed by atoms with Crippen LogP contribution in [0.3, 0.4) is 0 Å². The second-order valence-electron chi connectivity index (χ2n) is 5.61. The van der Waals surface area contributed by atoms with Crippen molar-refractivity contribution >= 4 is 17.5 Å². The number of hydrogen-bond donors (Lipinski definition) is 2. The van der Waals surface area contributed by atoms with Crippen LogP contribution in [0.4, 0.5) is 16.3 Å². The summed E-state index contributed by atoms with van der Waals surface area (Å²) in [5.74, 6) is 0.475. The van der Waals surface area contributed by atoms with Gasteiger partial charge in [0.15, 0.2) is 5.82 Å². The molecular weight excluding hydrogens is 292 g/mol. The van der Waals surface area contributed by atoms with Gasteiger partial charge in [-0.25, -0.2) is 4.79 Å². The monoisotopic (exact) mass is 314 g/mol. The quantitative estimate of drug-likeness (QED) is 0.853. The zero-order chi connectivity index (χ0) is 16.1. The number of urea groups is 1. The molecule has 3 rings (SSSR count). The molecule has 1 aromatic carbocycles. The lowest BCUT2D eigenvalue weighted by atomic mass is 10.2. The maximum atomic E-state index is 11.9. The van der Waals surface area contributed by atoms with Crippen LogP contribution in [0.5, 0.6) is 0 Å². The van der Waals surface area contributed by atoms with Crippen molar-refractivity contribution < 1.29 is 4.79 Å². The number of nitrogens with zero attached hydrogens (tertiary/aromatic N) is 4. The Balaban J connectivity index is 1.43. The third-order valence-corrected chi connectivity index (χ3v) is 3.88. The van der Waals surface area contributed by atoms with Crippen LogP contribution in [0.2, 0.25) is 0 Å². The molecule has 0 spiro atoms. The number of rotatable bonds is 6. The van der Waals surface area contributed by atoms with E-state index in [2.05, 4.69) is 57.0 Å². The molecule has 0 bridgehead atoms. The molecule has 1 aliphatic rings. The van der Waals surface area contributed by atoms with Crippen LogP contribution in [-0.2, 0) is 13.0 Å². The molecule has 7 heteroatoms. The van der Waals surface area contributed by atoms with Crippen LogP contribution in [0, 0.1) is 0 Å². The van der Waals surface area contributed by atoms with Crippen LogP contribution in [0.1, 0.15) is 18.9 Å². The lowest BCUT2D eigenvalue weighted by molar-refractivity contribution is 0.252. The number of aromatic nitrogens is 3. The summed E-state index contributed by atoms with van der Waals surface area (Å²) in [6, 6.07) is 8.17. The predicted octanol–water partition coefficient (Wildman–Crippen LogP) is 1.87. The van der Waals surface area contributed by atoms with E-state index in [0.29, 0.717) is 12.4 Å². The molecule has 1 aliphatic heterocycles. The van der Waals surface area contributed by atoms with Crippen LogP contribution in [-0.4, -0.2) is 40.7 Å². The van der Waals surface area contributed by atoms with E-state index in [1.165, 1.54) is 11.3 Å². The van der Waals surface area contributed by atoms with Gasteiger partial charge in [0, 0.05) is 31.9 Å². The fourth-order valence-electron chi connectivity index (χ4n) is 2.80. The molecule has 1 aromatic heterocycles. The first-order chi connectivity index (χ1) is 11.3. The van der Waals surface area contributed by atoms with Crippen molar-refractivity contribution in [3.63, 3.8) is 0 Å². The van der Waals surface area contributed by atoms with Gasteiger partial charge < -0.3 is 10.2 Å². The van der Waals surface area contributed by atoms with Gasteiger partial charge in [-0.2, -0.15) is 0 Å². The number of carbonyl (C=O) groups excluding carboxylic acids is 1. The van der Waals surface area contributed by atoms with Gasteiger partial charge in [0.05, 0.1) is 6.20 Å². The molecule has 0 unspecified atom stereocenters. The van der Waals surface area contributed by atoms with Crippen LogP contribution >= 0.6 is 0 Å². The van der Waals surface area contributed by atoms with Crippen molar-refractivity contribution in [3.05, 3.63) is 36.0 Å². The summed E-state index contributed by atoms with van der Waals surface area (Å²) in [4.78, 5) is 14.2. The number of para-hydroxylation sites is 1. The Labute approximate surface area is 135 Å². The summed E-state index contributed by atoms with van der Waals surface area (Å²) >= 11 is 0. The summed E-state index contributed by atoms with van der Waals surface area (Å²) < 4.78 is 1.72. The van der Waals surface area contributed by atoms with Crippen LogP contribution in [0.25, 0.3) is 0 Å². The van der Waals surface area contributed by atoms with Crippen molar-refractivity contribution in [2.24, 2.45) is 0 Å². The summed E-state index contributed by atoms with van der Waals surface area (Å²) in [7, 11) is 0. The predicted molar refractivity (Wildman–Crippen MR) is 89.7 cm³/mol. The van der Waals surface area contributed by atoms with Crippen molar-refractivity contribution in [2.75, 3.05) is 29.9 Å². The molecule has 122 valence electrons. The van der Waals surface area contributed by atoms with E-state index in [-0.39, 0.29) is 6.03 Å². The fraction of sp³-hybridized carbons (Fsp3) is 0.438. The average molecular weight is 314 g/mol. The van der Waals surface area contributed by atoms with E-state index < -0.39 is 0 Å². The molecular formula is C16H22N6O. The van der Waals surface area contributed by atoms with Crippen molar-refractivity contribution in [1.82, 2.24) is 20.3 Å². The van der Waals surface area contributed by atoms with Gasteiger partial charge in [0.2, 0.25) is 0 Å². The minimum Gasteiger partial charge on any atom is -0.369 e. The van der Waals surface area contributed by atoms with E-state index in [1.807, 2.05) is 0 Å². The van der Waals surface area contributed by atoms with Gasteiger partial charge in [0.1, 0.15) is 0 Å². The third kappa shape index (κ3) is 3.80. The maximum Gasteiger partial charge on any atom is 0.320 e. The lowest BCUT2D eigenvalue weighted by Crippen LogP contribution is -2.36. The molecule has 2 heterocycles. The van der Waals surface area contributed by atoms with Crippen LogP contribution in [0.15, 0.2) is 30.5 Å². The van der Waals surface area contributed by atoms with E-state index in [4.69, 9.17) is 0 Å². The smallest absolute Gasteiger partial charge is 0.320 e. The molecule has 0 saturated carbocycles. The Morgan fingerprint density at radius 1 is 1.30 bits per heavy atom. The Kier molecular flexibility index (Phi) is 4.75. The Bertz CT molecular complexity index is 668. The number of hydrogen-bond acceptors (Lipinski definition) is 4. The highest BCUT2D eigenvalue weighted by molar-refractivity contribution is 5.87. The minimum atomic E-state index is -0.249. The maximum absolute atomic E-state index is 11.9. The topological polar surface area (TPSA) is 75.1 Å². The van der Waals surface area contributed by atoms with E-state index in [9.17, 15) is 4.79 Å². The van der Waals surface area contributed by atoms with E-state index >= 15 is 0 Å². The second-order valence-corrected chi connectivity index (χ2v) is 5.61. The molecule has 0 radical (unpaired) electrons. The Morgan fingerprint density at radius 3 is 3.04 bits per heavy atom. The molecule has 0 aliphatic carbocycles. The summed E-state index contributed by atoms with van der Waals surface area (Å²) in [6.45, 7) is 5.26. The SMILES string of the molecule is CCCn1cc(NC(=O)NCCN2CCc3ccccc32)nn1. The molecule has 7 nitrogen and oxygen atoms in total. The standard InChI is InChI=1S/C16H22N6O/c1-2-9-22-12-15(19-20-22)18-16(23)17-8-11-21-10-7-13-5-3-4-6-14(13)21/h3-6,12H,2,7-11H2,1H3,(H2,17,18,23). The Morgan fingerprint density at radius 2 is 2.17 bits per heavy atom. The van der Waals surface area contributed by atoms with E-state index in [0.717, 1.165) is 32.5 Å². The molecule has 0 saturated heterocycles. The number of carbonyl (C=O) groups is 1. The highest BCUT2D eigenvalue weighted by Crippen LogP contribution is 2.26. The Hall–Kier alpha value is -2.57. The van der Waals surface area contributed by atoms with Gasteiger partial charge in [-0.1, -0.05) is 30.3 Å². The second kappa shape index (κ2) is 7.13. The van der Waals surface area contributed by atoms with Gasteiger partial charge >= 0.3 is 6.03 Å². The number of fused-ring (bicyclic) bond motifs is 1. The van der Waals surface area contributed by atoms with Gasteiger partial charge in [-0.3, -0.25) is 10.00 Å². The molecule has 2 amide bonds. The van der Waals surface area contributed by atoms with Crippen molar-refractivity contribution in [3.8, 4) is 0 Å². The normalized spacial score (nSPS) is 13.0. The third-order valence-electron chi connectivity index (χ3n) is 3.88. The number of nitrogens with one attached hydrogen (secondary N) is 2. The van der Waals surface area contributed by atoms with Crippen LogP contribution < -0.4 is 15.5 Å². The number of aryl methyl sites for hydroxylation is 1. The summed E-state index contributed by atoms with van der Waals surface area (Å²) in [5.41, 5.74) is 2.65. The molecule has 23 heavy (non-hydrogen) atoms. The highest BCUT2D eigenvalue weighted by Gasteiger charge is 2.17. The molecule has 2 N–H and O–H groups in total. The van der Waals surface area contributed by atoms with Crippen molar-refractivity contribution in [1.29, 1.82) is 0 Å². The lowest BCUT2D eigenvalue weighted by Gasteiger charge is -2.19. The summed E-state index contributed by atoms with van der Waals surface area (Å²) in [6.07, 6.45) is 3.79. The average Bonchev–Trinajstić information content (AvgIpc) is 3.15. The van der Waals surface area contributed by atoms with Gasteiger partial charge in [-0.15, -0.1) is 5.10 Å². The van der Waals surface area contributed by atoms with Gasteiger partial charge in [0.25, 0.3) is 0 Å². The molecule has 0 fully saturated rings. The highest BCUT2D eigenvalue weighted by atomic mass is 16.2. The van der Waals surface area contributed by atoms with Gasteiger partial charge in [-0.05, 0) is 24.5 Å². The number of anilines is 2. The van der Waals surface area contributed by atoms with Crippen molar-refractivity contribution in [2.45, 2.75) is 26.3 Å². The molecule has 2 aromatic rings. The minimum absolute atomic E-state index is 0.249. The van der Waals surface area contributed by atoms with E-state index in [1.54, 1.807) is 10.9 Å². The zero-order valence-electron chi connectivity index (χ0n) is 13.3. The summed E-state index contributed by atoms with van der Waals surface area (Å²) in [5, 5.41) is 13.4. The fourth-order valence-corrected chi connectivity index (χ4v) is 2.80. The number of benzene rings is 1.